The van der Waals surface area contributed by atoms with Crippen LogP contribution in [0.3, 0.4) is 0 Å². The summed E-state index contributed by atoms with van der Waals surface area (Å²) in [5, 5.41) is 14.2. The molecule has 1 aliphatic rings. The number of hydrogen-bond acceptors (Lipinski definition) is 4. The van der Waals surface area contributed by atoms with Crippen LogP contribution in [0.25, 0.3) is 11.5 Å². The maximum atomic E-state index is 10.1. The predicted octanol–water partition coefficient (Wildman–Crippen LogP) is 3.44. The van der Waals surface area contributed by atoms with Crippen LogP contribution >= 0.6 is 0 Å². The van der Waals surface area contributed by atoms with Gasteiger partial charge in [0.2, 0.25) is 0 Å². The van der Waals surface area contributed by atoms with E-state index in [1.165, 1.54) is 11.1 Å². The van der Waals surface area contributed by atoms with Crippen LogP contribution in [0.5, 0.6) is 5.75 Å². The Morgan fingerprint density at radius 2 is 2.00 bits per heavy atom. The third kappa shape index (κ3) is 1.83. The maximum absolute atomic E-state index is 10.1. The van der Waals surface area contributed by atoms with Crippen LogP contribution < -0.4 is 0 Å². The Kier molecular flexibility index (Phi) is 2.57. The van der Waals surface area contributed by atoms with Crippen molar-refractivity contribution in [1.29, 1.82) is 0 Å². The summed E-state index contributed by atoms with van der Waals surface area (Å²) in [5.41, 5.74) is 3.98. The highest BCUT2D eigenvalue weighted by atomic mass is 16.5. The Bertz CT molecular complexity index is 823. The van der Waals surface area contributed by atoms with Gasteiger partial charge in [-0.1, -0.05) is 41.6 Å². The van der Waals surface area contributed by atoms with Gasteiger partial charge in [-0.3, -0.25) is 0 Å². The zero-order valence-corrected chi connectivity index (χ0v) is 11.6. The number of para-hydroxylation sites is 1. The molecule has 1 N–H and O–H groups in total. The monoisotopic (exact) mass is 278 g/mol. The van der Waals surface area contributed by atoms with E-state index in [9.17, 15) is 5.11 Å². The number of aromatic nitrogens is 2. The van der Waals surface area contributed by atoms with Crippen LogP contribution in [-0.4, -0.2) is 15.2 Å². The van der Waals surface area contributed by atoms with Crippen molar-refractivity contribution < 1.29 is 9.63 Å². The fourth-order valence-corrected chi connectivity index (χ4v) is 2.81. The molecule has 1 unspecified atom stereocenters. The highest BCUT2D eigenvalue weighted by molar-refractivity contribution is 5.64. The minimum Gasteiger partial charge on any atom is -0.507 e. The van der Waals surface area contributed by atoms with Crippen molar-refractivity contribution in [3.63, 3.8) is 0 Å². The lowest BCUT2D eigenvalue weighted by molar-refractivity contribution is 0.411. The van der Waals surface area contributed by atoms with Crippen molar-refractivity contribution in [2.75, 3.05) is 0 Å². The van der Waals surface area contributed by atoms with Gasteiger partial charge in [0.25, 0.3) is 5.89 Å². The Balaban J connectivity index is 1.70. The van der Waals surface area contributed by atoms with E-state index in [1.807, 2.05) is 31.2 Å². The molecule has 2 aromatic carbocycles. The molecule has 4 heteroatoms. The summed E-state index contributed by atoms with van der Waals surface area (Å²) in [4.78, 5) is 4.47. The summed E-state index contributed by atoms with van der Waals surface area (Å²) >= 11 is 0. The van der Waals surface area contributed by atoms with E-state index in [0.29, 0.717) is 17.3 Å². The summed E-state index contributed by atoms with van der Waals surface area (Å²) in [5.74, 6) is 1.45. The zero-order chi connectivity index (χ0) is 14.4. The Labute approximate surface area is 122 Å². The van der Waals surface area contributed by atoms with Gasteiger partial charge in [0.05, 0.1) is 11.5 Å². The van der Waals surface area contributed by atoms with Gasteiger partial charge in [-0.15, -0.1) is 0 Å². The molecular weight excluding hydrogens is 264 g/mol. The van der Waals surface area contributed by atoms with Crippen molar-refractivity contribution >= 4 is 0 Å². The van der Waals surface area contributed by atoms with Crippen LogP contribution in [0.4, 0.5) is 0 Å². The molecule has 4 nitrogen and oxygen atoms in total. The van der Waals surface area contributed by atoms with E-state index in [1.54, 1.807) is 6.07 Å². The highest BCUT2D eigenvalue weighted by Gasteiger charge is 2.31. The molecule has 0 aliphatic heterocycles. The first-order valence-corrected chi connectivity index (χ1v) is 6.94. The standard InChI is InChI=1S/C17H14N2O2/c1-10-5-4-8-13(15(10)20)17-18-16(19-21-17)14-9-11-6-2-3-7-12(11)14/h2-8,14,20H,9H2,1H3. The molecule has 0 spiro atoms. The number of phenolic OH excluding ortho intramolecular Hbond substituents is 1. The summed E-state index contributed by atoms with van der Waals surface area (Å²) in [6, 6.07) is 13.8. The van der Waals surface area contributed by atoms with E-state index in [0.717, 1.165) is 12.0 Å². The predicted molar refractivity (Wildman–Crippen MR) is 78.1 cm³/mol. The quantitative estimate of drug-likeness (QED) is 0.780. The number of fused-ring (bicyclic) bond motifs is 1. The fourth-order valence-electron chi connectivity index (χ4n) is 2.81. The van der Waals surface area contributed by atoms with Gasteiger partial charge in [0.1, 0.15) is 5.75 Å². The van der Waals surface area contributed by atoms with E-state index in [4.69, 9.17) is 4.52 Å². The molecule has 0 fully saturated rings. The summed E-state index contributed by atoms with van der Waals surface area (Å²) in [6.45, 7) is 1.85. The molecule has 0 bridgehead atoms. The molecule has 0 saturated carbocycles. The van der Waals surface area contributed by atoms with E-state index >= 15 is 0 Å². The number of nitrogens with zero attached hydrogens (tertiary/aromatic N) is 2. The third-order valence-electron chi connectivity index (χ3n) is 4.08. The lowest BCUT2D eigenvalue weighted by Gasteiger charge is -2.27. The first-order chi connectivity index (χ1) is 10.2. The van der Waals surface area contributed by atoms with Crippen molar-refractivity contribution in [2.24, 2.45) is 0 Å². The number of phenols is 1. The van der Waals surface area contributed by atoms with Crippen molar-refractivity contribution in [1.82, 2.24) is 10.1 Å². The van der Waals surface area contributed by atoms with Gasteiger partial charge < -0.3 is 9.63 Å². The van der Waals surface area contributed by atoms with Crippen molar-refractivity contribution in [3.8, 4) is 17.2 Å². The first kappa shape index (κ1) is 12.1. The Hall–Kier alpha value is -2.62. The highest BCUT2D eigenvalue weighted by Crippen LogP contribution is 2.39. The SMILES string of the molecule is Cc1cccc(-c2nc(C3Cc4ccccc43)no2)c1O. The topological polar surface area (TPSA) is 59.2 Å². The largest absolute Gasteiger partial charge is 0.507 e. The molecular formula is C17H14N2O2. The van der Waals surface area contributed by atoms with Gasteiger partial charge >= 0.3 is 0 Å². The van der Waals surface area contributed by atoms with Crippen molar-refractivity contribution in [3.05, 3.63) is 65.0 Å². The summed E-state index contributed by atoms with van der Waals surface area (Å²) < 4.78 is 5.34. The second-order valence-corrected chi connectivity index (χ2v) is 5.38. The molecule has 1 heterocycles. The summed E-state index contributed by atoms with van der Waals surface area (Å²) in [7, 11) is 0. The Morgan fingerprint density at radius 3 is 2.86 bits per heavy atom. The minimum atomic E-state index is 0.196. The number of hydrogen-bond donors (Lipinski definition) is 1. The molecule has 21 heavy (non-hydrogen) atoms. The molecule has 104 valence electrons. The number of benzene rings is 2. The molecule has 0 radical (unpaired) electrons. The fraction of sp³-hybridized carbons (Fsp3) is 0.176. The second-order valence-electron chi connectivity index (χ2n) is 5.38. The van der Waals surface area contributed by atoms with Crippen LogP contribution in [0, 0.1) is 6.92 Å². The van der Waals surface area contributed by atoms with Gasteiger partial charge in [-0.05, 0) is 36.1 Å². The van der Waals surface area contributed by atoms with Gasteiger partial charge in [0.15, 0.2) is 5.82 Å². The molecule has 1 aromatic heterocycles. The minimum absolute atomic E-state index is 0.196. The van der Waals surface area contributed by atoms with E-state index in [-0.39, 0.29) is 11.7 Å². The molecule has 3 aromatic rings. The lowest BCUT2D eigenvalue weighted by atomic mass is 9.77. The molecule has 0 saturated heterocycles. The molecule has 1 aliphatic carbocycles. The van der Waals surface area contributed by atoms with E-state index < -0.39 is 0 Å². The van der Waals surface area contributed by atoms with Gasteiger partial charge in [-0.25, -0.2) is 0 Å². The number of aryl methyl sites for hydroxylation is 1. The van der Waals surface area contributed by atoms with E-state index in [2.05, 4.69) is 22.3 Å². The van der Waals surface area contributed by atoms with Crippen LogP contribution in [0.2, 0.25) is 0 Å². The van der Waals surface area contributed by atoms with Crippen molar-refractivity contribution in [2.45, 2.75) is 19.3 Å². The smallest absolute Gasteiger partial charge is 0.261 e. The number of aromatic hydroxyl groups is 1. The maximum Gasteiger partial charge on any atom is 0.261 e. The molecule has 0 amide bonds. The Morgan fingerprint density at radius 1 is 1.14 bits per heavy atom. The summed E-state index contributed by atoms with van der Waals surface area (Å²) in [6.07, 6.45) is 0.939. The normalized spacial score (nSPS) is 16.3. The molecule has 1 atom stereocenters. The van der Waals surface area contributed by atoms with Gasteiger partial charge in [-0.2, -0.15) is 4.98 Å². The van der Waals surface area contributed by atoms with Gasteiger partial charge in [0, 0.05) is 0 Å². The lowest BCUT2D eigenvalue weighted by Crippen LogP contribution is -2.19. The van der Waals surface area contributed by atoms with Crippen LogP contribution in [0.1, 0.15) is 28.4 Å². The first-order valence-electron chi connectivity index (χ1n) is 6.94. The number of rotatable bonds is 2. The second kappa shape index (κ2) is 4.45. The average molecular weight is 278 g/mol. The molecule has 4 rings (SSSR count). The van der Waals surface area contributed by atoms with Crippen LogP contribution in [0.15, 0.2) is 47.0 Å². The van der Waals surface area contributed by atoms with Crippen LogP contribution in [-0.2, 0) is 6.42 Å². The third-order valence-corrected chi connectivity index (χ3v) is 4.08. The zero-order valence-electron chi connectivity index (χ0n) is 11.6. The average Bonchev–Trinajstić information content (AvgIpc) is 2.92.